The number of H-pyrrole nitrogens is 2. The van der Waals surface area contributed by atoms with Crippen molar-refractivity contribution >= 4 is 21.9 Å². The number of piperazine rings is 1. The zero-order chi connectivity index (χ0) is 24.4. The molecule has 2 aromatic carbocycles. The van der Waals surface area contributed by atoms with E-state index in [1.807, 2.05) is 26.2 Å². The summed E-state index contributed by atoms with van der Waals surface area (Å²) in [5, 5.41) is 2.39. The van der Waals surface area contributed by atoms with E-state index in [9.17, 15) is 0 Å². The number of nitrogens with zero attached hydrogens (tertiary/aromatic N) is 3. The summed E-state index contributed by atoms with van der Waals surface area (Å²) >= 11 is 0. The van der Waals surface area contributed by atoms with E-state index in [0.717, 1.165) is 55.1 Å². The molecule has 0 radical (unpaired) electrons. The average Bonchev–Trinajstić information content (AvgIpc) is 3.49. The number of aromatic nitrogens is 3. The summed E-state index contributed by atoms with van der Waals surface area (Å²) in [5.74, 6) is 0. The fraction of sp³-hybridized carbons (Fsp3) is 0.300. The molecule has 2 N–H and O–H groups in total. The van der Waals surface area contributed by atoms with Crippen LogP contribution in [0.4, 0.5) is 0 Å². The average molecular weight is 466 g/mol. The van der Waals surface area contributed by atoms with Gasteiger partial charge in [-0.25, -0.2) is 4.98 Å². The maximum absolute atomic E-state index is 4.77. The van der Waals surface area contributed by atoms with Gasteiger partial charge in [0.1, 0.15) is 5.65 Å². The highest BCUT2D eigenvalue weighted by atomic mass is 15.2. The second kappa shape index (κ2) is 10.1. The van der Waals surface area contributed by atoms with Gasteiger partial charge in [-0.2, -0.15) is 0 Å². The lowest BCUT2D eigenvalue weighted by molar-refractivity contribution is 0.148. The summed E-state index contributed by atoms with van der Waals surface area (Å²) in [7, 11) is 2.20. The largest absolute Gasteiger partial charge is 0.361 e. The Morgan fingerprint density at radius 3 is 2.37 bits per heavy atom. The zero-order valence-corrected chi connectivity index (χ0v) is 21.2. The number of nitrogens with one attached hydrogen (secondary N) is 2. The van der Waals surface area contributed by atoms with Crippen LogP contribution in [0.1, 0.15) is 25.1 Å². The normalized spacial score (nSPS) is 14.9. The van der Waals surface area contributed by atoms with Gasteiger partial charge in [0.05, 0.1) is 0 Å². The van der Waals surface area contributed by atoms with Crippen molar-refractivity contribution < 1.29 is 0 Å². The number of fused-ring (bicyclic) bond motifs is 2. The Bertz CT molecular complexity index is 1420. The minimum atomic E-state index is 0.937. The lowest BCUT2D eigenvalue weighted by Gasteiger charge is -2.32. The maximum Gasteiger partial charge on any atom is 0.138 e. The van der Waals surface area contributed by atoms with Crippen molar-refractivity contribution in [1.82, 2.24) is 24.8 Å². The number of pyridine rings is 1. The first kappa shape index (κ1) is 23.3. The van der Waals surface area contributed by atoms with Crippen molar-refractivity contribution in [3.8, 4) is 22.3 Å². The first-order valence-electron chi connectivity index (χ1n) is 12.7. The van der Waals surface area contributed by atoms with E-state index in [4.69, 9.17) is 4.98 Å². The van der Waals surface area contributed by atoms with E-state index in [1.165, 1.54) is 33.0 Å². The molecular weight excluding hydrogens is 430 g/mol. The van der Waals surface area contributed by atoms with Crippen LogP contribution in [0.5, 0.6) is 0 Å². The van der Waals surface area contributed by atoms with E-state index in [2.05, 4.69) is 88.3 Å². The molecule has 6 rings (SSSR count). The van der Waals surface area contributed by atoms with Gasteiger partial charge >= 0.3 is 0 Å². The van der Waals surface area contributed by atoms with Gasteiger partial charge in [-0.1, -0.05) is 44.2 Å². The van der Waals surface area contributed by atoms with Crippen LogP contribution in [-0.2, 0) is 6.54 Å². The maximum atomic E-state index is 4.77. The van der Waals surface area contributed by atoms with Crippen LogP contribution in [0.25, 0.3) is 44.2 Å². The standard InChI is InChI=1S/C28H29N5.C2H6/c1-19-27(23-7-8-26-22(15-23)9-10-29-26)25-16-24(17-30-28(25)31-19)21-5-3-20(4-6-21)18-33-13-11-32(2)12-14-33;1-2/h3-10,15-17,29H,11-14,18H2,1-2H3,(H,30,31);1-2H3. The summed E-state index contributed by atoms with van der Waals surface area (Å²) < 4.78 is 0. The van der Waals surface area contributed by atoms with Gasteiger partial charge in [-0.05, 0) is 60.3 Å². The molecular formula is C30H35N5. The predicted molar refractivity (Wildman–Crippen MR) is 148 cm³/mol. The number of hydrogen-bond acceptors (Lipinski definition) is 3. The van der Waals surface area contributed by atoms with E-state index >= 15 is 0 Å². The fourth-order valence-electron chi connectivity index (χ4n) is 5.00. The Kier molecular flexibility index (Phi) is 6.71. The number of aryl methyl sites for hydroxylation is 1. The molecule has 0 atom stereocenters. The van der Waals surface area contributed by atoms with Crippen LogP contribution in [0.3, 0.4) is 0 Å². The van der Waals surface area contributed by atoms with Crippen LogP contribution >= 0.6 is 0 Å². The molecule has 1 saturated heterocycles. The molecule has 0 unspecified atom stereocenters. The number of hydrogen-bond donors (Lipinski definition) is 2. The zero-order valence-electron chi connectivity index (χ0n) is 21.2. The minimum absolute atomic E-state index is 0.937. The first-order chi connectivity index (χ1) is 17.1. The van der Waals surface area contributed by atoms with Crippen molar-refractivity contribution in [3.63, 3.8) is 0 Å². The molecule has 0 bridgehead atoms. The quantitative estimate of drug-likeness (QED) is 0.320. The van der Waals surface area contributed by atoms with Crippen LogP contribution in [0.15, 0.2) is 67.0 Å². The highest BCUT2D eigenvalue weighted by molar-refractivity contribution is 5.99. The van der Waals surface area contributed by atoms with Crippen molar-refractivity contribution in [2.45, 2.75) is 27.3 Å². The molecule has 0 aliphatic carbocycles. The van der Waals surface area contributed by atoms with Gasteiger partial charge in [0, 0.05) is 72.8 Å². The second-order valence-corrected chi connectivity index (χ2v) is 9.30. The molecule has 1 fully saturated rings. The Labute approximate surface area is 207 Å². The molecule has 1 aliphatic rings. The Hall–Kier alpha value is -3.41. The first-order valence-corrected chi connectivity index (χ1v) is 12.7. The topological polar surface area (TPSA) is 51.0 Å². The summed E-state index contributed by atoms with van der Waals surface area (Å²) in [5.41, 5.74) is 9.41. The van der Waals surface area contributed by atoms with Gasteiger partial charge in [-0.15, -0.1) is 0 Å². The smallest absolute Gasteiger partial charge is 0.138 e. The van der Waals surface area contributed by atoms with E-state index < -0.39 is 0 Å². The van der Waals surface area contributed by atoms with E-state index in [0.29, 0.717) is 0 Å². The van der Waals surface area contributed by atoms with Crippen molar-refractivity contribution in [2.24, 2.45) is 0 Å². The van der Waals surface area contributed by atoms with Crippen molar-refractivity contribution in [3.05, 3.63) is 78.2 Å². The molecule has 5 heteroatoms. The van der Waals surface area contributed by atoms with Gasteiger partial charge in [0.25, 0.3) is 0 Å². The fourth-order valence-corrected chi connectivity index (χ4v) is 5.00. The van der Waals surface area contributed by atoms with Crippen LogP contribution in [-0.4, -0.2) is 58.0 Å². The Morgan fingerprint density at radius 1 is 0.857 bits per heavy atom. The van der Waals surface area contributed by atoms with Gasteiger partial charge < -0.3 is 14.9 Å². The molecule has 5 aromatic rings. The third-order valence-electron chi connectivity index (χ3n) is 6.97. The molecule has 0 amide bonds. The lowest BCUT2D eigenvalue weighted by Crippen LogP contribution is -2.43. The molecule has 0 spiro atoms. The van der Waals surface area contributed by atoms with Gasteiger partial charge in [0.15, 0.2) is 0 Å². The highest BCUT2D eigenvalue weighted by Crippen LogP contribution is 2.35. The summed E-state index contributed by atoms with van der Waals surface area (Å²) in [6, 6.07) is 20.0. The molecule has 5 nitrogen and oxygen atoms in total. The second-order valence-electron chi connectivity index (χ2n) is 9.30. The van der Waals surface area contributed by atoms with Gasteiger partial charge in [-0.3, -0.25) is 4.90 Å². The summed E-state index contributed by atoms with van der Waals surface area (Å²) in [6.45, 7) is 11.7. The molecule has 180 valence electrons. The Morgan fingerprint density at radius 2 is 1.60 bits per heavy atom. The SMILES string of the molecule is CC.Cc1[nH]c2ncc(-c3ccc(CN4CCN(C)CC4)cc3)cc2c1-c1ccc2[nH]ccc2c1. The molecule has 4 heterocycles. The number of likely N-dealkylation sites (N-methyl/N-ethyl adjacent to an activating group) is 1. The van der Waals surface area contributed by atoms with E-state index in [1.54, 1.807) is 0 Å². The van der Waals surface area contributed by atoms with Crippen molar-refractivity contribution in [1.29, 1.82) is 0 Å². The number of benzene rings is 2. The third kappa shape index (κ3) is 4.75. The van der Waals surface area contributed by atoms with E-state index in [-0.39, 0.29) is 0 Å². The summed E-state index contributed by atoms with van der Waals surface area (Å²) in [6.07, 6.45) is 3.97. The molecule has 3 aromatic heterocycles. The number of aromatic amines is 2. The minimum Gasteiger partial charge on any atom is -0.361 e. The van der Waals surface area contributed by atoms with Crippen molar-refractivity contribution in [2.75, 3.05) is 33.2 Å². The van der Waals surface area contributed by atoms with Crippen LogP contribution in [0.2, 0.25) is 0 Å². The molecule has 1 aliphatic heterocycles. The van der Waals surface area contributed by atoms with Crippen LogP contribution < -0.4 is 0 Å². The highest BCUT2D eigenvalue weighted by Gasteiger charge is 2.15. The molecule has 0 saturated carbocycles. The third-order valence-corrected chi connectivity index (χ3v) is 6.97. The van der Waals surface area contributed by atoms with Gasteiger partial charge in [0.2, 0.25) is 0 Å². The summed E-state index contributed by atoms with van der Waals surface area (Å²) in [4.78, 5) is 16.5. The van der Waals surface area contributed by atoms with Crippen LogP contribution in [0, 0.1) is 6.92 Å². The predicted octanol–water partition coefficient (Wildman–Crippen LogP) is 6.46. The monoisotopic (exact) mass is 465 g/mol. The number of rotatable bonds is 4. The Balaban J connectivity index is 0.00000124. The lowest BCUT2D eigenvalue weighted by atomic mass is 9.99. The molecule has 35 heavy (non-hydrogen) atoms.